The molecule has 2 N–H and O–H groups in total. The van der Waals surface area contributed by atoms with Crippen LogP contribution in [-0.2, 0) is 0 Å². The Labute approximate surface area is 117 Å². The molecule has 0 atom stereocenters. The molecule has 0 fully saturated rings. The van der Waals surface area contributed by atoms with Crippen LogP contribution in [0.4, 0.5) is 20.6 Å². The van der Waals surface area contributed by atoms with Gasteiger partial charge in [-0.25, -0.2) is 9.18 Å². The number of nitrogens with one attached hydrogen (secondary N) is 2. The Morgan fingerprint density at radius 2 is 1.65 bits per heavy atom. The van der Waals surface area contributed by atoms with Gasteiger partial charge >= 0.3 is 6.03 Å². The van der Waals surface area contributed by atoms with E-state index in [4.69, 9.17) is 0 Å². The number of benzene rings is 2. The second-order valence-corrected chi connectivity index (χ2v) is 4.86. The number of rotatable bonds is 2. The molecule has 0 heterocycles. The molecule has 0 aliphatic rings. The standard InChI is InChI=1S/C16H17FN2O/c1-10-7-11(2)15(12(3)8-10)19-16(20)18-14-6-4-5-13(17)9-14/h4-9H,1-3H3,(H2,18,19,20). The lowest BCUT2D eigenvalue weighted by Crippen LogP contribution is -2.20. The van der Waals surface area contributed by atoms with Crippen molar-refractivity contribution < 1.29 is 9.18 Å². The van der Waals surface area contributed by atoms with Gasteiger partial charge in [-0.1, -0.05) is 23.8 Å². The third kappa shape index (κ3) is 3.35. The van der Waals surface area contributed by atoms with Crippen molar-refractivity contribution >= 4 is 17.4 Å². The number of urea groups is 1. The molecule has 3 nitrogen and oxygen atoms in total. The highest BCUT2D eigenvalue weighted by Crippen LogP contribution is 2.22. The van der Waals surface area contributed by atoms with Gasteiger partial charge in [0, 0.05) is 11.4 Å². The van der Waals surface area contributed by atoms with E-state index >= 15 is 0 Å². The fraction of sp³-hybridized carbons (Fsp3) is 0.188. The zero-order valence-corrected chi connectivity index (χ0v) is 11.8. The molecule has 0 unspecified atom stereocenters. The van der Waals surface area contributed by atoms with Crippen molar-refractivity contribution in [3.8, 4) is 0 Å². The molecular formula is C16H17FN2O. The van der Waals surface area contributed by atoms with Crippen LogP contribution >= 0.6 is 0 Å². The summed E-state index contributed by atoms with van der Waals surface area (Å²) in [6, 6.07) is 9.41. The maximum Gasteiger partial charge on any atom is 0.323 e. The van der Waals surface area contributed by atoms with Gasteiger partial charge in [-0.3, -0.25) is 0 Å². The van der Waals surface area contributed by atoms with Crippen molar-refractivity contribution in [1.29, 1.82) is 0 Å². The molecule has 2 aromatic carbocycles. The topological polar surface area (TPSA) is 41.1 Å². The van der Waals surface area contributed by atoms with Crippen molar-refractivity contribution in [3.63, 3.8) is 0 Å². The van der Waals surface area contributed by atoms with E-state index in [1.807, 2.05) is 32.9 Å². The maximum atomic E-state index is 13.0. The van der Waals surface area contributed by atoms with Gasteiger partial charge in [0.15, 0.2) is 0 Å². The predicted molar refractivity (Wildman–Crippen MR) is 79.7 cm³/mol. The highest BCUT2D eigenvalue weighted by molar-refractivity contribution is 6.00. The van der Waals surface area contributed by atoms with Crippen molar-refractivity contribution in [2.45, 2.75) is 20.8 Å². The second-order valence-electron chi connectivity index (χ2n) is 4.86. The molecule has 2 aromatic rings. The first-order valence-corrected chi connectivity index (χ1v) is 6.37. The largest absolute Gasteiger partial charge is 0.323 e. The summed E-state index contributed by atoms with van der Waals surface area (Å²) in [5, 5.41) is 5.41. The van der Waals surface area contributed by atoms with Gasteiger partial charge in [0.25, 0.3) is 0 Å². The Kier molecular flexibility index (Phi) is 4.03. The van der Waals surface area contributed by atoms with Crippen molar-refractivity contribution in [2.24, 2.45) is 0 Å². The predicted octanol–water partition coefficient (Wildman–Crippen LogP) is 4.39. The Hall–Kier alpha value is -2.36. The van der Waals surface area contributed by atoms with Gasteiger partial charge < -0.3 is 10.6 Å². The molecule has 0 aromatic heterocycles. The number of amides is 2. The molecule has 0 spiro atoms. The third-order valence-electron chi connectivity index (χ3n) is 3.00. The second kappa shape index (κ2) is 5.74. The number of hydrogen-bond donors (Lipinski definition) is 2. The Balaban J connectivity index is 2.13. The lowest BCUT2D eigenvalue weighted by atomic mass is 10.1. The fourth-order valence-corrected chi connectivity index (χ4v) is 2.22. The van der Waals surface area contributed by atoms with Crippen LogP contribution in [0.3, 0.4) is 0 Å². The van der Waals surface area contributed by atoms with Crippen LogP contribution in [0.5, 0.6) is 0 Å². The summed E-state index contributed by atoms with van der Waals surface area (Å²) in [6.45, 7) is 5.90. The first-order chi connectivity index (χ1) is 9.45. The Bertz CT molecular complexity index is 630. The van der Waals surface area contributed by atoms with E-state index < -0.39 is 0 Å². The first-order valence-electron chi connectivity index (χ1n) is 6.37. The minimum Gasteiger partial charge on any atom is -0.308 e. The lowest BCUT2D eigenvalue weighted by molar-refractivity contribution is 0.262. The average Bonchev–Trinajstić information content (AvgIpc) is 2.33. The van der Waals surface area contributed by atoms with Gasteiger partial charge in [0.05, 0.1) is 0 Å². The van der Waals surface area contributed by atoms with Gasteiger partial charge in [0.2, 0.25) is 0 Å². The monoisotopic (exact) mass is 272 g/mol. The fourth-order valence-electron chi connectivity index (χ4n) is 2.22. The number of hydrogen-bond acceptors (Lipinski definition) is 1. The van der Waals surface area contributed by atoms with Crippen LogP contribution in [0.15, 0.2) is 36.4 Å². The molecule has 20 heavy (non-hydrogen) atoms. The molecule has 0 radical (unpaired) electrons. The summed E-state index contributed by atoms with van der Waals surface area (Å²) in [5.74, 6) is -0.384. The molecular weight excluding hydrogens is 255 g/mol. The molecule has 0 bridgehead atoms. The molecule has 2 rings (SSSR count). The minimum absolute atomic E-state index is 0.384. The number of carbonyl (C=O) groups excluding carboxylic acids is 1. The normalized spacial score (nSPS) is 10.2. The smallest absolute Gasteiger partial charge is 0.308 e. The van der Waals surface area contributed by atoms with Crippen LogP contribution in [0.2, 0.25) is 0 Å². The molecule has 0 saturated heterocycles. The molecule has 104 valence electrons. The summed E-state index contributed by atoms with van der Waals surface area (Å²) in [4.78, 5) is 11.9. The molecule has 4 heteroatoms. The summed E-state index contributed by atoms with van der Waals surface area (Å²) < 4.78 is 13.0. The number of anilines is 2. The highest BCUT2D eigenvalue weighted by atomic mass is 19.1. The summed E-state index contributed by atoms with van der Waals surface area (Å²) in [7, 11) is 0. The Morgan fingerprint density at radius 1 is 1.00 bits per heavy atom. The SMILES string of the molecule is Cc1cc(C)c(NC(=O)Nc2cccc(F)c2)c(C)c1. The van der Waals surface area contributed by atoms with E-state index in [0.29, 0.717) is 5.69 Å². The van der Waals surface area contributed by atoms with E-state index in [1.165, 1.54) is 12.1 Å². The van der Waals surface area contributed by atoms with Crippen LogP contribution in [-0.4, -0.2) is 6.03 Å². The van der Waals surface area contributed by atoms with Crippen molar-refractivity contribution in [1.82, 2.24) is 0 Å². The van der Waals surface area contributed by atoms with Crippen LogP contribution in [0, 0.1) is 26.6 Å². The molecule has 0 aliphatic carbocycles. The zero-order valence-electron chi connectivity index (χ0n) is 11.8. The zero-order chi connectivity index (χ0) is 14.7. The summed E-state index contributed by atoms with van der Waals surface area (Å²) in [5.41, 5.74) is 4.35. The van der Waals surface area contributed by atoms with Crippen LogP contribution < -0.4 is 10.6 Å². The maximum absolute atomic E-state index is 13.0. The molecule has 2 amide bonds. The average molecular weight is 272 g/mol. The van der Waals surface area contributed by atoms with E-state index in [1.54, 1.807) is 12.1 Å². The number of aryl methyl sites for hydroxylation is 3. The van der Waals surface area contributed by atoms with Crippen LogP contribution in [0.1, 0.15) is 16.7 Å². The van der Waals surface area contributed by atoms with E-state index in [2.05, 4.69) is 10.6 Å². The van der Waals surface area contributed by atoms with Crippen molar-refractivity contribution in [2.75, 3.05) is 10.6 Å². The highest BCUT2D eigenvalue weighted by Gasteiger charge is 2.08. The number of carbonyl (C=O) groups is 1. The van der Waals surface area contributed by atoms with E-state index in [0.717, 1.165) is 22.4 Å². The van der Waals surface area contributed by atoms with Gasteiger partial charge in [-0.05, 0) is 50.1 Å². The van der Waals surface area contributed by atoms with Gasteiger partial charge in [-0.15, -0.1) is 0 Å². The van der Waals surface area contributed by atoms with Gasteiger partial charge in [0.1, 0.15) is 5.82 Å². The molecule has 0 aliphatic heterocycles. The minimum atomic E-state index is -0.384. The van der Waals surface area contributed by atoms with Gasteiger partial charge in [-0.2, -0.15) is 0 Å². The number of halogens is 1. The summed E-state index contributed by atoms with van der Waals surface area (Å²) in [6.07, 6.45) is 0. The lowest BCUT2D eigenvalue weighted by Gasteiger charge is -2.13. The quantitative estimate of drug-likeness (QED) is 0.836. The van der Waals surface area contributed by atoms with Crippen LogP contribution in [0.25, 0.3) is 0 Å². The van der Waals surface area contributed by atoms with E-state index in [-0.39, 0.29) is 11.8 Å². The Morgan fingerprint density at radius 3 is 2.25 bits per heavy atom. The molecule has 0 saturated carbocycles. The van der Waals surface area contributed by atoms with Crippen molar-refractivity contribution in [3.05, 3.63) is 58.9 Å². The van der Waals surface area contributed by atoms with E-state index in [9.17, 15) is 9.18 Å². The summed E-state index contributed by atoms with van der Waals surface area (Å²) >= 11 is 0. The third-order valence-corrected chi connectivity index (χ3v) is 3.00. The first kappa shape index (κ1) is 14.1.